The molecule has 102 valence electrons. The number of hydrogen-bond acceptors (Lipinski definition) is 4. The number of anilines is 1. The maximum atomic E-state index is 11.9. The number of nitrogens with one attached hydrogen (secondary N) is 1. The zero-order chi connectivity index (χ0) is 13.7. The Morgan fingerprint density at radius 2 is 2.53 bits per heavy atom. The van der Waals surface area contributed by atoms with Crippen molar-refractivity contribution in [3.05, 3.63) is 21.0 Å². The first kappa shape index (κ1) is 14.1. The van der Waals surface area contributed by atoms with E-state index in [1.165, 1.54) is 4.68 Å². The lowest BCUT2D eigenvalue weighted by atomic mass is 10.1. The number of ether oxygens (including phenoxy) is 1. The van der Waals surface area contributed by atoms with Crippen molar-refractivity contribution < 1.29 is 4.74 Å². The Kier molecular flexibility index (Phi) is 5.00. The van der Waals surface area contributed by atoms with Gasteiger partial charge in [0.1, 0.15) is 11.0 Å². The van der Waals surface area contributed by atoms with E-state index in [0.717, 1.165) is 32.6 Å². The van der Waals surface area contributed by atoms with Gasteiger partial charge in [0.05, 0.1) is 11.9 Å². The van der Waals surface area contributed by atoms with Gasteiger partial charge in [-0.05, 0) is 34.7 Å². The molecule has 1 aromatic heterocycles. The molecule has 2 rings (SSSR count). The van der Waals surface area contributed by atoms with E-state index >= 15 is 0 Å². The average Bonchev–Trinajstić information content (AvgIpc) is 2.91. The van der Waals surface area contributed by atoms with Gasteiger partial charge in [-0.3, -0.25) is 4.79 Å². The molecule has 1 aromatic rings. The summed E-state index contributed by atoms with van der Waals surface area (Å²) in [6, 6.07) is 0. The summed E-state index contributed by atoms with van der Waals surface area (Å²) in [7, 11) is 0. The van der Waals surface area contributed by atoms with Crippen LogP contribution in [0.2, 0.25) is 0 Å². The highest BCUT2D eigenvalue weighted by Crippen LogP contribution is 2.19. The first-order valence-electron chi connectivity index (χ1n) is 6.23. The van der Waals surface area contributed by atoms with Crippen molar-refractivity contribution in [3.63, 3.8) is 0 Å². The minimum Gasteiger partial charge on any atom is -0.383 e. The second kappa shape index (κ2) is 6.73. The van der Waals surface area contributed by atoms with Crippen molar-refractivity contribution in [2.24, 2.45) is 5.92 Å². The van der Waals surface area contributed by atoms with Crippen LogP contribution in [0, 0.1) is 18.3 Å². The second-order valence-corrected chi connectivity index (χ2v) is 5.28. The fraction of sp³-hybridized carbons (Fsp3) is 0.538. The zero-order valence-corrected chi connectivity index (χ0v) is 12.1. The van der Waals surface area contributed by atoms with Crippen LogP contribution >= 0.6 is 15.9 Å². The van der Waals surface area contributed by atoms with Crippen LogP contribution in [0.25, 0.3) is 0 Å². The van der Waals surface area contributed by atoms with Crippen molar-refractivity contribution in [1.29, 1.82) is 0 Å². The molecule has 5 nitrogen and oxygen atoms in total. The molecule has 0 amide bonds. The molecule has 0 spiro atoms. The molecule has 0 aliphatic carbocycles. The molecule has 2 heterocycles. The summed E-state index contributed by atoms with van der Waals surface area (Å²) in [5, 5.41) is 7.24. The van der Waals surface area contributed by atoms with Gasteiger partial charge in [-0.25, -0.2) is 4.68 Å². The van der Waals surface area contributed by atoms with Crippen molar-refractivity contribution in [1.82, 2.24) is 9.78 Å². The van der Waals surface area contributed by atoms with Crippen LogP contribution < -0.4 is 10.9 Å². The summed E-state index contributed by atoms with van der Waals surface area (Å²) < 4.78 is 7.05. The summed E-state index contributed by atoms with van der Waals surface area (Å²) >= 11 is 3.29. The Hall–Kier alpha value is -1.32. The number of terminal acetylenes is 1. The van der Waals surface area contributed by atoms with Gasteiger partial charge >= 0.3 is 0 Å². The molecule has 1 unspecified atom stereocenters. The summed E-state index contributed by atoms with van der Waals surface area (Å²) in [6.07, 6.45) is 8.94. The van der Waals surface area contributed by atoms with Crippen molar-refractivity contribution >= 4 is 21.6 Å². The number of rotatable bonds is 5. The maximum Gasteiger partial charge on any atom is 0.284 e. The quantitative estimate of drug-likeness (QED) is 0.833. The van der Waals surface area contributed by atoms with Gasteiger partial charge in [0.2, 0.25) is 0 Å². The van der Waals surface area contributed by atoms with E-state index in [2.05, 4.69) is 32.3 Å². The molecule has 1 atom stereocenters. The van der Waals surface area contributed by atoms with Crippen LogP contribution in [0.1, 0.15) is 12.8 Å². The van der Waals surface area contributed by atoms with Gasteiger partial charge < -0.3 is 10.1 Å². The van der Waals surface area contributed by atoms with Crippen LogP contribution in [0.4, 0.5) is 5.69 Å². The number of hydrogen-bond donors (Lipinski definition) is 1. The molecule has 1 aliphatic rings. The first-order chi connectivity index (χ1) is 9.22. The third-order valence-corrected chi connectivity index (χ3v) is 3.88. The number of nitrogens with zero attached hydrogens (tertiary/aromatic N) is 2. The van der Waals surface area contributed by atoms with Crippen molar-refractivity contribution in [3.8, 4) is 12.3 Å². The molecule has 0 bridgehead atoms. The van der Waals surface area contributed by atoms with Crippen LogP contribution in [-0.4, -0.2) is 29.5 Å². The maximum absolute atomic E-state index is 11.9. The summed E-state index contributed by atoms with van der Waals surface area (Å²) in [5.41, 5.74) is 0.490. The molecular weight excluding hydrogens is 310 g/mol. The van der Waals surface area contributed by atoms with Crippen molar-refractivity contribution in [2.75, 3.05) is 25.1 Å². The smallest absolute Gasteiger partial charge is 0.284 e. The van der Waals surface area contributed by atoms with E-state index < -0.39 is 0 Å². The molecule has 1 N–H and O–H groups in total. The zero-order valence-electron chi connectivity index (χ0n) is 10.6. The molecule has 0 radical (unpaired) electrons. The lowest BCUT2D eigenvalue weighted by molar-refractivity contribution is 0.185. The Labute approximate surface area is 120 Å². The lowest BCUT2D eigenvalue weighted by Gasteiger charge is -2.11. The summed E-state index contributed by atoms with van der Waals surface area (Å²) in [6.45, 7) is 2.67. The van der Waals surface area contributed by atoms with E-state index in [1.807, 2.05) is 0 Å². The molecule has 1 saturated heterocycles. The monoisotopic (exact) mass is 325 g/mol. The van der Waals surface area contributed by atoms with Gasteiger partial charge in [0.15, 0.2) is 0 Å². The highest BCUT2D eigenvalue weighted by molar-refractivity contribution is 9.10. The second-order valence-electron chi connectivity index (χ2n) is 4.48. The minimum absolute atomic E-state index is 0.178. The van der Waals surface area contributed by atoms with Gasteiger partial charge in [-0.15, -0.1) is 6.42 Å². The van der Waals surface area contributed by atoms with Gasteiger partial charge in [0.25, 0.3) is 5.56 Å². The number of halogens is 1. The van der Waals surface area contributed by atoms with Crippen molar-refractivity contribution in [2.45, 2.75) is 19.4 Å². The SMILES string of the molecule is C#CCn1ncc(NCCC2CCOC2)c(Br)c1=O. The van der Waals surface area contributed by atoms with Crippen LogP contribution in [-0.2, 0) is 11.3 Å². The average molecular weight is 326 g/mol. The molecule has 0 saturated carbocycles. The topological polar surface area (TPSA) is 56.1 Å². The largest absolute Gasteiger partial charge is 0.383 e. The van der Waals surface area contributed by atoms with E-state index in [0.29, 0.717) is 16.1 Å². The van der Waals surface area contributed by atoms with Gasteiger partial charge in [0, 0.05) is 19.8 Å². The molecular formula is C13H16BrN3O2. The van der Waals surface area contributed by atoms with Crippen LogP contribution in [0.5, 0.6) is 0 Å². The third kappa shape index (κ3) is 3.58. The Morgan fingerprint density at radius 1 is 1.68 bits per heavy atom. The predicted octanol–water partition coefficient (Wildman–Crippen LogP) is 1.48. The molecule has 1 aliphatic heterocycles. The van der Waals surface area contributed by atoms with Gasteiger partial charge in [-0.1, -0.05) is 5.92 Å². The Morgan fingerprint density at radius 3 is 3.21 bits per heavy atom. The van der Waals surface area contributed by atoms with E-state index in [1.54, 1.807) is 6.20 Å². The fourth-order valence-electron chi connectivity index (χ4n) is 2.01. The molecule has 6 heteroatoms. The van der Waals surface area contributed by atoms with E-state index in [-0.39, 0.29) is 12.1 Å². The predicted molar refractivity (Wildman–Crippen MR) is 77.1 cm³/mol. The molecule has 0 aromatic carbocycles. The Balaban J connectivity index is 1.95. The number of aromatic nitrogens is 2. The van der Waals surface area contributed by atoms with E-state index in [9.17, 15) is 4.79 Å². The summed E-state index contributed by atoms with van der Waals surface area (Å²) in [5.74, 6) is 3.01. The first-order valence-corrected chi connectivity index (χ1v) is 7.02. The molecule has 1 fully saturated rings. The highest BCUT2D eigenvalue weighted by atomic mass is 79.9. The normalized spacial score (nSPS) is 18.2. The van der Waals surface area contributed by atoms with Crippen LogP contribution in [0.15, 0.2) is 15.5 Å². The third-order valence-electron chi connectivity index (χ3n) is 3.12. The highest BCUT2D eigenvalue weighted by Gasteiger charge is 2.15. The summed E-state index contributed by atoms with van der Waals surface area (Å²) in [4.78, 5) is 11.9. The molecule has 19 heavy (non-hydrogen) atoms. The van der Waals surface area contributed by atoms with E-state index in [4.69, 9.17) is 11.2 Å². The minimum atomic E-state index is -0.216. The van der Waals surface area contributed by atoms with Crippen LogP contribution in [0.3, 0.4) is 0 Å². The fourth-order valence-corrected chi connectivity index (χ4v) is 2.46. The Bertz CT molecular complexity index is 530. The van der Waals surface area contributed by atoms with Gasteiger partial charge in [-0.2, -0.15) is 5.10 Å². The lowest BCUT2D eigenvalue weighted by Crippen LogP contribution is -2.24. The standard InChI is InChI=1S/C13H16BrN3O2/c1-2-6-17-13(18)12(14)11(8-16-17)15-5-3-10-4-7-19-9-10/h1,8,10,15H,3-7,9H2.